The SMILES string of the molecule is CCc1ccc(C(=O)COC(=O)c2cccc(S(=O)(=O)N3c4ccccc4CC3C)c2)cc1. The van der Waals surface area contributed by atoms with E-state index in [2.05, 4.69) is 0 Å². The van der Waals surface area contributed by atoms with Crippen molar-refractivity contribution in [1.82, 2.24) is 0 Å². The predicted octanol–water partition coefficient (Wildman–Crippen LogP) is 4.43. The third-order valence-electron chi connectivity index (χ3n) is 5.79. The molecule has 1 aliphatic rings. The summed E-state index contributed by atoms with van der Waals surface area (Å²) >= 11 is 0. The predicted molar refractivity (Wildman–Crippen MR) is 126 cm³/mol. The first kappa shape index (κ1) is 22.7. The number of esters is 1. The lowest BCUT2D eigenvalue weighted by molar-refractivity contribution is 0.0474. The average molecular weight is 464 g/mol. The maximum Gasteiger partial charge on any atom is 0.338 e. The van der Waals surface area contributed by atoms with Gasteiger partial charge < -0.3 is 4.74 Å². The van der Waals surface area contributed by atoms with Crippen molar-refractivity contribution in [3.8, 4) is 0 Å². The summed E-state index contributed by atoms with van der Waals surface area (Å²) in [6, 6.07) is 20.0. The number of carbonyl (C=O) groups excluding carboxylic acids is 2. The molecule has 0 saturated carbocycles. The van der Waals surface area contributed by atoms with Gasteiger partial charge >= 0.3 is 5.97 Å². The van der Waals surface area contributed by atoms with Gasteiger partial charge in [0, 0.05) is 11.6 Å². The van der Waals surface area contributed by atoms with E-state index in [1.165, 1.54) is 28.6 Å². The van der Waals surface area contributed by atoms with E-state index in [0.717, 1.165) is 17.5 Å². The van der Waals surface area contributed by atoms with Crippen LogP contribution in [0.4, 0.5) is 5.69 Å². The molecule has 6 nitrogen and oxygen atoms in total. The summed E-state index contributed by atoms with van der Waals surface area (Å²) in [5.41, 5.74) is 3.26. The molecule has 0 spiro atoms. The van der Waals surface area contributed by atoms with Crippen molar-refractivity contribution in [3.05, 3.63) is 95.1 Å². The summed E-state index contributed by atoms with van der Waals surface area (Å²) in [6.45, 7) is 3.46. The topological polar surface area (TPSA) is 80.8 Å². The summed E-state index contributed by atoms with van der Waals surface area (Å²) in [5, 5.41) is 0. The number of fused-ring (bicyclic) bond motifs is 1. The van der Waals surface area contributed by atoms with Crippen molar-refractivity contribution in [2.45, 2.75) is 37.6 Å². The minimum atomic E-state index is -3.88. The van der Waals surface area contributed by atoms with Crippen LogP contribution in [0.5, 0.6) is 0 Å². The number of nitrogens with zero attached hydrogens (tertiary/aromatic N) is 1. The van der Waals surface area contributed by atoms with Crippen molar-refractivity contribution in [1.29, 1.82) is 0 Å². The van der Waals surface area contributed by atoms with Gasteiger partial charge in [0.05, 0.1) is 16.1 Å². The van der Waals surface area contributed by atoms with Crippen LogP contribution in [-0.2, 0) is 27.6 Å². The number of sulfonamides is 1. The van der Waals surface area contributed by atoms with E-state index in [9.17, 15) is 18.0 Å². The Bertz CT molecular complexity index is 1300. The molecule has 0 N–H and O–H groups in total. The van der Waals surface area contributed by atoms with Crippen LogP contribution < -0.4 is 4.31 Å². The lowest BCUT2D eigenvalue weighted by atomic mass is 10.1. The Morgan fingerprint density at radius 2 is 1.70 bits per heavy atom. The molecular formula is C26H25NO5S. The molecule has 1 atom stereocenters. The number of benzene rings is 3. The molecule has 0 saturated heterocycles. The first-order valence-electron chi connectivity index (χ1n) is 10.8. The second kappa shape index (κ2) is 9.19. The fraction of sp³-hybridized carbons (Fsp3) is 0.231. The Morgan fingerprint density at radius 1 is 0.970 bits per heavy atom. The molecule has 0 bridgehead atoms. The van der Waals surface area contributed by atoms with Crippen molar-refractivity contribution < 1.29 is 22.7 Å². The average Bonchev–Trinajstić information content (AvgIpc) is 3.18. The summed E-state index contributed by atoms with van der Waals surface area (Å²) in [5.74, 6) is -1.07. The van der Waals surface area contributed by atoms with Gasteiger partial charge in [-0.2, -0.15) is 0 Å². The fourth-order valence-corrected chi connectivity index (χ4v) is 5.76. The zero-order valence-corrected chi connectivity index (χ0v) is 19.3. The van der Waals surface area contributed by atoms with Gasteiger partial charge in [-0.3, -0.25) is 9.10 Å². The number of ether oxygens (including phenoxy) is 1. The number of aryl methyl sites for hydroxylation is 1. The van der Waals surface area contributed by atoms with Crippen LogP contribution in [0.1, 0.15) is 45.7 Å². The lowest BCUT2D eigenvalue weighted by Crippen LogP contribution is -2.35. The van der Waals surface area contributed by atoms with Gasteiger partial charge in [0.15, 0.2) is 12.4 Å². The van der Waals surface area contributed by atoms with Gasteiger partial charge in [-0.25, -0.2) is 13.2 Å². The van der Waals surface area contributed by atoms with Gasteiger partial charge in [-0.05, 0) is 55.2 Å². The number of anilines is 1. The van der Waals surface area contributed by atoms with Crippen LogP contribution in [0, 0.1) is 0 Å². The molecule has 7 heteroatoms. The molecular weight excluding hydrogens is 438 g/mol. The van der Waals surface area contributed by atoms with Crippen molar-refractivity contribution >= 4 is 27.5 Å². The van der Waals surface area contributed by atoms with E-state index in [-0.39, 0.29) is 22.3 Å². The smallest absolute Gasteiger partial charge is 0.338 e. The first-order valence-corrected chi connectivity index (χ1v) is 12.3. The maximum atomic E-state index is 13.4. The molecule has 0 aliphatic carbocycles. The van der Waals surface area contributed by atoms with Crippen molar-refractivity contribution in [3.63, 3.8) is 0 Å². The number of carbonyl (C=O) groups is 2. The third-order valence-corrected chi connectivity index (χ3v) is 7.71. The highest BCUT2D eigenvalue weighted by Gasteiger charge is 2.36. The minimum absolute atomic E-state index is 0.00184. The Labute approximate surface area is 193 Å². The Morgan fingerprint density at radius 3 is 2.42 bits per heavy atom. The van der Waals surface area contributed by atoms with Crippen LogP contribution in [-0.4, -0.2) is 32.8 Å². The molecule has 0 amide bonds. The van der Waals surface area contributed by atoms with Gasteiger partial charge in [-0.15, -0.1) is 0 Å². The molecule has 0 radical (unpaired) electrons. The molecule has 0 fully saturated rings. The van der Waals surface area contributed by atoms with E-state index in [0.29, 0.717) is 17.7 Å². The van der Waals surface area contributed by atoms with Crippen molar-refractivity contribution in [2.24, 2.45) is 0 Å². The largest absolute Gasteiger partial charge is 0.454 e. The Kier molecular flexibility index (Phi) is 6.33. The fourth-order valence-electron chi connectivity index (χ4n) is 4.02. The minimum Gasteiger partial charge on any atom is -0.454 e. The van der Waals surface area contributed by atoms with Crippen LogP contribution in [0.15, 0.2) is 77.7 Å². The van der Waals surface area contributed by atoms with Gasteiger partial charge in [0.25, 0.3) is 10.0 Å². The summed E-state index contributed by atoms with van der Waals surface area (Å²) in [7, 11) is -3.88. The van der Waals surface area contributed by atoms with Crippen LogP contribution in [0.25, 0.3) is 0 Å². The maximum absolute atomic E-state index is 13.4. The standard InChI is InChI=1S/C26H25NO5S/c1-3-19-11-13-20(14-12-19)25(28)17-32-26(29)22-8-6-9-23(16-22)33(30,31)27-18(2)15-21-7-4-5-10-24(21)27/h4-14,16,18H,3,15,17H2,1-2H3. The van der Waals surface area contributed by atoms with Gasteiger partial charge in [0.1, 0.15) is 0 Å². The molecule has 1 aliphatic heterocycles. The number of Topliss-reactive ketones (excluding diaryl/α,β-unsaturated/α-hetero) is 1. The first-order chi connectivity index (χ1) is 15.8. The molecule has 170 valence electrons. The highest BCUT2D eigenvalue weighted by atomic mass is 32.2. The molecule has 1 heterocycles. The quantitative estimate of drug-likeness (QED) is 0.383. The summed E-state index contributed by atoms with van der Waals surface area (Å²) < 4.78 is 33.4. The number of para-hydroxylation sites is 1. The second-order valence-electron chi connectivity index (χ2n) is 8.06. The number of hydrogen-bond donors (Lipinski definition) is 0. The third kappa shape index (κ3) is 4.54. The Balaban J connectivity index is 1.50. The van der Waals surface area contributed by atoms with Crippen LogP contribution in [0.3, 0.4) is 0 Å². The molecule has 1 unspecified atom stereocenters. The number of hydrogen-bond acceptors (Lipinski definition) is 5. The molecule has 3 aromatic carbocycles. The van der Waals surface area contributed by atoms with E-state index >= 15 is 0 Å². The molecule has 3 aromatic rings. The van der Waals surface area contributed by atoms with E-state index < -0.39 is 22.6 Å². The summed E-state index contributed by atoms with van der Waals surface area (Å²) in [6.07, 6.45) is 1.49. The van der Waals surface area contributed by atoms with Gasteiger partial charge in [0.2, 0.25) is 0 Å². The van der Waals surface area contributed by atoms with Crippen LogP contribution >= 0.6 is 0 Å². The lowest BCUT2D eigenvalue weighted by Gasteiger charge is -2.24. The highest BCUT2D eigenvalue weighted by Crippen LogP contribution is 2.36. The molecule has 0 aromatic heterocycles. The van der Waals surface area contributed by atoms with Crippen molar-refractivity contribution in [2.75, 3.05) is 10.9 Å². The van der Waals surface area contributed by atoms with E-state index in [1.54, 1.807) is 24.3 Å². The normalized spacial score (nSPS) is 15.2. The molecule has 33 heavy (non-hydrogen) atoms. The number of ketones is 1. The monoisotopic (exact) mass is 463 g/mol. The molecule has 4 rings (SSSR count). The van der Waals surface area contributed by atoms with Gasteiger partial charge in [-0.1, -0.05) is 55.5 Å². The van der Waals surface area contributed by atoms with E-state index in [1.807, 2.05) is 38.1 Å². The second-order valence-corrected chi connectivity index (χ2v) is 9.88. The number of rotatable bonds is 7. The van der Waals surface area contributed by atoms with E-state index in [4.69, 9.17) is 4.74 Å². The van der Waals surface area contributed by atoms with Crippen LogP contribution in [0.2, 0.25) is 0 Å². The zero-order valence-electron chi connectivity index (χ0n) is 18.5. The highest BCUT2D eigenvalue weighted by molar-refractivity contribution is 7.92. The Hall–Kier alpha value is -3.45. The zero-order chi connectivity index (χ0) is 23.6. The summed E-state index contributed by atoms with van der Waals surface area (Å²) in [4.78, 5) is 24.9.